The minimum atomic E-state index is -1.06. The van der Waals surface area contributed by atoms with Crippen LogP contribution in [0.1, 0.15) is 153 Å². The molecule has 9 aromatic heterocycles. The van der Waals surface area contributed by atoms with Crippen LogP contribution in [-0.2, 0) is 0 Å². The molecular weight excluding hydrogens is 1750 g/mol. The number of nitrogens with one attached hydrogen (secondary N) is 4. The molecule has 0 aliphatic heterocycles. The third-order valence-electron chi connectivity index (χ3n) is 16.3. The van der Waals surface area contributed by atoms with E-state index in [0.29, 0.717) is 16.8 Å². The summed E-state index contributed by atoms with van der Waals surface area (Å²) >= 11 is 19.0. The van der Waals surface area contributed by atoms with Gasteiger partial charge in [0.2, 0.25) is 0 Å². The molecule has 2 saturated carbocycles. The van der Waals surface area contributed by atoms with E-state index in [1.54, 1.807) is 76.5 Å². The molecule has 600 valence electrons. The Morgan fingerprint density at radius 3 is 1.28 bits per heavy atom. The van der Waals surface area contributed by atoms with Crippen LogP contribution in [0.25, 0.3) is 73.0 Å². The van der Waals surface area contributed by atoms with Gasteiger partial charge in [0.25, 0.3) is 0 Å². The third kappa shape index (κ3) is 34.3. The van der Waals surface area contributed by atoms with Gasteiger partial charge in [-0.1, -0.05) is 169 Å². The summed E-state index contributed by atoms with van der Waals surface area (Å²) in [6.45, 7) is 19.9. The second kappa shape index (κ2) is 56.0. The predicted molar refractivity (Wildman–Crippen MR) is 509 cm³/mol. The zero-order valence-electron chi connectivity index (χ0n) is 62.5. The standard InChI is InChI=1S/C20H20N6S.C14H12BrN3S.C14H12N6S.C9H16Si.C8H10BrN.C6H3ClN2S.C4H10N.3CH4.N3.Na.4H2S/c1-13(23-19-17-9-10-27-20(17)22-12-21-19)14-5-7-16(8-6-14)26-11-18(24-25-26)15-3-2-4-15;1-9(10-2-4-11(15)5-3-10)18-13-12-6-7-19-14(12)17-8-16-13;1-9(10-2-4-11(5-3-10)19-20-15)18-13-12-6-7-21-14(12)17-8-16-13;1-10(2,3)8-7-9-5-4-6-9;1-6(10)7-2-4-8(9)5-3-7;7-5-4-1-2-10-6(4)9-3-8-5;1-3-4-5-2;;;;1-3-2;;;;;/h5-13,15H,2-4H2,1H3,(H,21,22,23);2-9H,1H3,(H,16,17,18);2-9H,1H3,(H,16,17,18);9H,4-6H2,1-3H3;2-6H,10H2,1H3;1-3H;5H,1,3-4H2,2H3;3*1H4;;;4*1H2/q;;;;;;-1;;;;-1;+1;;;;/t13-;2*9-;;6-;;;;;;;;;;;/m000.0.........../s1. The molecule has 2 aliphatic rings. The number of hydrogen-bond acceptors (Lipinski definition) is 20. The largest absolute Gasteiger partial charge is 1.00 e. The minimum Gasteiger partial charge on any atom is -0.373 e. The quantitative estimate of drug-likeness (QED) is 0.0121. The van der Waals surface area contributed by atoms with Gasteiger partial charge in [0.15, 0.2) is 0 Å². The number of aromatic nitrogens is 11. The van der Waals surface area contributed by atoms with Gasteiger partial charge in [-0.3, -0.25) is 4.91 Å². The van der Waals surface area contributed by atoms with Crippen molar-refractivity contribution >= 4 is 215 Å². The summed E-state index contributed by atoms with van der Waals surface area (Å²) in [5, 5.41) is 38.2. The van der Waals surface area contributed by atoms with Gasteiger partial charge in [0.05, 0.1) is 33.7 Å². The van der Waals surface area contributed by atoms with Gasteiger partial charge in [0, 0.05) is 60.9 Å². The predicted octanol–water partition coefficient (Wildman–Crippen LogP) is 22.3. The van der Waals surface area contributed by atoms with Crippen LogP contribution >= 0.6 is 143 Å². The van der Waals surface area contributed by atoms with E-state index < -0.39 is 8.07 Å². The summed E-state index contributed by atoms with van der Waals surface area (Å²) in [6, 6.07) is 40.9. The van der Waals surface area contributed by atoms with Crippen LogP contribution in [0.5, 0.6) is 0 Å². The van der Waals surface area contributed by atoms with Crippen molar-refractivity contribution in [2.45, 2.75) is 145 Å². The van der Waals surface area contributed by atoms with Crippen LogP contribution in [0.3, 0.4) is 0 Å². The summed E-state index contributed by atoms with van der Waals surface area (Å²) in [6.07, 6.45) is 17.2. The minimum absolute atomic E-state index is 0. The van der Waals surface area contributed by atoms with E-state index in [-0.39, 0.29) is 130 Å². The second-order valence-electron chi connectivity index (χ2n) is 25.2. The summed E-state index contributed by atoms with van der Waals surface area (Å²) < 4.78 is 4.05. The van der Waals surface area contributed by atoms with Crippen LogP contribution in [0, 0.1) is 24.3 Å². The Hall–Kier alpha value is -6.45. The van der Waals surface area contributed by atoms with E-state index in [0.717, 1.165) is 103 Å². The zero-order valence-corrected chi connectivity index (χ0v) is 76.7. The first-order chi connectivity index (χ1) is 50.8. The first kappa shape index (κ1) is 107. The molecule has 13 aromatic rings. The Kier molecular flexibility index (Phi) is 52.8. The average Bonchev–Trinajstić information content (AvgIpc) is 1.66. The fraction of sp³-hybridized carbons (Fsp3) is 0.321. The molecular formula is C78H103Br2ClN22NaS8Si-. The number of benzene rings is 4. The average molecular weight is 1850 g/mol. The molecule has 2 aliphatic carbocycles. The first-order valence-electron chi connectivity index (χ1n) is 33.8. The van der Waals surface area contributed by atoms with Gasteiger partial charge in [-0.25, -0.2) is 44.6 Å². The van der Waals surface area contributed by atoms with E-state index >= 15 is 0 Å². The van der Waals surface area contributed by atoms with Crippen molar-refractivity contribution in [1.29, 1.82) is 0 Å². The number of rotatable bonds is 15. The number of fused-ring (bicyclic) bond motifs is 4. The van der Waals surface area contributed by atoms with Crippen molar-refractivity contribution in [3.05, 3.63) is 250 Å². The van der Waals surface area contributed by atoms with Gasteiger partial charge in [-0.05, 0) is 177 Å². The molecule has 22 nitrogen and oxygen atoms in total. The van der Waals surface area contributed by atoms with Crippen molar-refractivity contribution in [3.63, 3.8) is 0 Å². The molecule has 4 aromatic carbocycles. The molecule has 0 amide bonds. The molecule has 15 rings (SSSR count). The van der Waals surface area contributed by atoms with E-state index in [1.807, 2.05) is 101 Å². The third-order valence-corrected chi connectivity index (χ3v) is 21.8. The van der Waals surface area contributed by atoms with Crippen LogP contribution in [-0.4, -0.2) is 76.5 Å². The molecule has 113 heavy (non-hydrogen) atoms. The van der Waals surface area contributed by atoms with Gasteiger partial charge < -0.3 is 45.0 Å². The molecule has 9 heterocycles. The Balaban J connectivity index is 0.00000133. The molecule has 0 saturated heterocycles. The van der Waals surface area contributed by atoms with E-state index in [9.17, 15) is 0 Å². The maximum atomic E-state index is 8.41. The topological polar surface area (TPSA) is 315 Å². The smallest absolute Gasteiger partial charge is 0.373 e. The van der Waals surface area contributed by atoms with Gasteiger partial charge >= 0.3 is 29.6 Å². The Bertz CT molecular complexity index is 4940. The number of thiophene rings is 4. The Labute approximate surface area is 754 Å². The Morgan fingerprint density at radius 2 is 0.947 bits per heavy atom. The maximum Gasteiger partial charge on any atom is 1.00 e. The molecule has 6 N–H and O–H groups in total. The fourth-order valence-electron chi connectivity index (χ4n) is 10.00. The second-order valence-corrected chi connectivity index (χ2v) is 35.7. The SMILES string of the molecule is C.C.C.C[C@H](N)c1ccc(Br)cc1.C[C@H](Nc1ncnc2sccc12)c1ccc(-n2cc(C3CCC3)nn2)cc1.C[C@H](Nc1ncnc2sccc12)c1ccc(Br)cc1.C[C@H](Nc1ncnc2sccc12)c1ccc(N=[N+]=[N-])cc1.C[Si](C)(C)C#CC1CCC1.Clc1ncnc2sccc12.S.S.S.S.[CH2-]CCNC.[N-]=[N+]=[N-].[Na+]. The summed E-state index contributed by atoms with van der Waals surface area (Å²) in [4.78, 5) is 41.9. The number of azide groups is 1. The summed E-state index contributed by atoms with van der Waals surface area (Å²) in [7, 11) is 0.858. The van der Waals surface area contributed by atoms with Crippen LogP contribution in [0.4, 0.5) is 23.1 Å². The number of hydrogen-bond donors (Lipinski definition) is 5. The van der Waals surface area contributed by atoms with E-state index in [2.05, 4.69) is 227 Å². The van der Waals surface area contributed by atoms with Gasteiger partial charge in [-0.2, -0.15) is 60.4 Å². The number of nitrogens with two attached hydrogens (primary N) is 1. The first-order valence-corrected chi connectivity index (χ1v) is 42.8. The fourth-order valence-corrected chi connectivity index (χ4v) is 14.3. The van der Waals surface area contributed by atoms with E-state index in [1.165, 1.54) is 66.5 Å². The molecule has 0 spiro atoms. The van der Waals surface area contributed by atoms with Crippen molar-refractivity contribution < 1.29 is 29.6 Å². The van der Waals surface area contributed by atoms with Crippen molar-refractivity contribution in [1.82, 2.24) is 60.2 Å². The molecule has 4 atom stereocenters. The summed E-state index contributed by atoms with van der Waals surface area (Å²) in [5.41, 5.74) is 38.4. The molecule has 0 radical (unpaired) electrons. The number of nitrogens with zero attached hydrogens (tertiary/aromatic N) is 17. The Morgan fingerprint density at radius 1 is 0.575 bits per heavy atom. The van der Waals surface area contributed by atoms with E-state index in [4.69, 9.17) is 33.9 Å². The molecule has 35 heteroatoms. The van der Waals surface area contributed by atoms with Crippen LogP contribution in [0.15, 0.2) is 188 Å². The number of halogens is 3. The van der Waals surface area contributed by atoms with Crippen LogP contribution < -0.4 is 56.6 Å². The van der Waals surface area contributed by atoms with Gasteiger partial charge in [-0.15, -0.1) is 61.9 Å². The summed E-state index contributed by atoms with van der Waals surface area (Å²) in [5.74, 6) is 7.33. The number of anilines is 3. The molecule has 0 bridgehead atoms. The normalized spacial score (nSPS) is 12.3. The zero-order chi connectivity index (χ0) is 75.1. The maximum absolute atomic E-state index is 8.41. The van der Waals surface area contributed by atoms with Crippen molar-refractivity contribution in [2.24, 2.45) is 16.8 Å². The van der Waals surface area contributed by atoms with Gasteiger partial charge in [0.1, 0.15) is 75.3 Å². The monoisotopic (exact) mass is 1850 g/mol. The molecule has 0 unspecified atom stereocenters. The molecule has 2 fully saturated rings. The van der Waals surface area contributed by atoms with Crippen LogP contribution in [0.2, 0.25) is 24.8 Å². The van der Waals surface area contributed by atoms with Crippen molar-refractivity contribution in [3.8, 4) is 17.2 Å². The van der Waals surface area contributed by atoms with Crippen molar-refractivity contribution in [2.75, 3.05) is 29.5 Å².